The SMILES string of the molecule is O=C(NNC(=S)NCc1ccccc1)c1cc2n(n1)C(C(F)(F)F)CC(c1ccc(Cl)cc1)N2. The van der Waals surface area contributed by atoms with Crippen molar-refractivity contribution in [1.29, 1.82) is 0 Å². The lowest BCUT2D eigenvalue weighted by molar-refractivity contribution is -0.173. The zero-order valence-electron chi connectivity index (χ0n) is 17.6. The van der Waals surface area contributed by atoms with Gasteiger partial charge in [-0.3, -0.25) is 15.6 Å². The number of amides is 1. The number of fused-ring (bicyclic) bond motifs is 1. The lowest BCUT2D eigenvalue weighted by Gasteiger charge is -2.33. The highest BCUT2D eigenvalue weighted by atomic mass is 35.5. The molecule has 3 aromatic rings. The summed E-state index contributed by atoms with van der Waals surface area (Å²) < 4.78 is 42.2. The molecule has 2 heterocycles. The Hall–Kier alpha value is -3.31. The number of anilines is 1. The van der Waals surface area contributed by atoms with Crippen LogP contribution in [0.1, 0.15) is 40.1 Å². The molecule has 4 N–H and O–H groups in total. The molecular formula is C22H20ClF3N6OS. The Kier molecular flexibility index (Phi) is 6.94. The smallest absolute Gasteiger partial charge is 0.363 e. The van der Waals surface area contributed by atoms with E-state index in [1.807, 2.05) is 30.3 Å². The van der Waals surface area contributed by atoms with Crippen LogP contribution in [0, 0.1) is 0 Å². The zero-order valence-corrected chi connectivity index (χ0v) is 19.1. The van der Waals surface area contributed by atoms with Crippen LogP contribution in [0.2, 0.25) is 5.02 Å². The summed E-state index contributed by atoms with van der Waals surface area (Å²) in [4.78, 5) is 12.5. The van der Waals surface area contributed by atoms with Gasteiger partial charge in [-0.25, -0.2) is 4.68 Å². The highest BCUT2D eigenvalue weighted by molar-refractivity contribution is 7.80. The standard InChI is InChI=1S/C22H20ClF3N6OS/c23-15-8-6-14(7-9-15)16-10-18(22(24,25)26)32-19(28-16)11-17(31-32)20(33)29-30-21(34)27-12-13-4-2-1-3-5-13/h1-9,11,16,18,28H,10,12H2,(H,29,33)(H2,27,30,34). The third-order valence-electron chi connectivity index (χ3n) is 5.28. The number of thiocarbonyl (C=S) groups is 1. The van der Waals surface area contributed by atoms with Gasteiger partial charge in [0, 0.05) is 24.1 Å². The summed E-state index contributed by atoms with van der Waals surface area (Å²) >= 11 is 11.0. The number of alkyl halides is 3. The van der Waals surface area contributed by atoms with Gasteiger partial charge in [0.25, 0.3) is 5.91 Å². The average molecular weight is 509 g/mol. The van der Waals surface area contributed by atoms with E-state index in [-0.39, 0.29) is 23.0 Å². The van der Waals surface area contributed by atoms with Crippen LogP contribution in [0.3, 0.4) is 0 Å². The third-order valence-corrected chi connectivity index (χ3v) is 5.78. The van der Waals surface area contributed by atoms with Crippen molar-refractivity contribution in [2.75, 3.05) is 5.32 Å². The van der Waals surface area contributed by atoms with Gasteiger partial charge in [0.05, 0.1) is 6.04 Å². The Morgan fingerprint density at radius 1 is 1.15 bits per heavy atom. The summed E-state index contributed by atoms with van der Waals surface area (Å²) in [5.74, 6) is -0.639. The van der Waals surface area contributed by atoms with E-state index in [9.17, 15) is 18.0 Å². The van der Waals surface area contributed by atoms with Crippen molar-refractivity contribution in [2.24, 2.45) is 0 Å². The minimum atomic E-state index is -4.55. The molecule has 178 valence electrons. The van der Waals surface area contributed by atoms with Crippen LogP contribution in [0.25, 0.3) is 0 Å². The number of hydrogen-bond donors (Lipinski definition) is 4. The monoisotopic (exact) mass is 508 g/mol. The molecular weight excluding hydrogens is 489 g/mol. The minimum Gasteiger partial charge on any atom is -0.363 e. The Morgan fingerprint density at radius 3 is 2.53 bits per heavy atom. The maximum Gasteiger partial charge on any atom is 0.410 e. The number of halogens is 4. The van der Waals surface area contributed by atoms with Gasteiger partial charge in [-0.1, -0.05) is 54.1 Å². The van der Waals surface area contributed by atoms with Crippen LogP contribution in [0.4, 0.5) is 19.0 Å². The largest absolute Gasteiger partial charge is 0.410 e. The Labute approximate surface area is 203 Å². The zero-order chi connectivity index (χ0) is 24.3. The average Bonchev–Trinajstić information content (AvgIpc) is 3.25. The summed E-state index contributed by atoms with van der Waals surface area (Å²) in [7, 11) is 0. The number of nitrogens with zero attached hydrogens (tertiary/aromatic N) is 2. The van der Waals surface area contributed by atoms with E-state index in [4.69, 9.17) is 23.8 Å². The molecule has 4 rings (SSSR count). The van der Waals surface area contributed by atoms with Crippen molar-refractivity contribution in [1.82, 2.24) is 25.9 Å². The van der Waals surface area contributed by atoms with Gasteiger partial charge in [-0.2, -0.15) is 18.3 Å². The van der Waals surface area contributed by atoms with Crippen molar-refractivity contribution in [3.8, 4) is 0 Å². The number of rotatable bonds is 4. The van der Waals surface area contributed by atoms with Crippen LogP contribution in [-0.2, 0) is 6.54 Å². The molecule has 0 spiro atoms. The van der Waals surface area contributed by atoms with Gasteiger partial charge >= 0.3 is 6.18 Å². The van der Waals surface area contributed by atoms with Gasteiger partial charge in [-0.05, 0) is 35.5 Å². The quantitative estimate of drug-likeness (QED) is 0.307. The second kappa shape index (κ2) is 9.90. The first-order chi connectivity index (χ1) is 16.2. The van der Waals surface area contributed by atoms with E-state index in [0.717, 1.165) is 10.2 Å². The second-order valence-electron chi connectivity index (χ2n) is 7.65. The molecule has 0 saturated heterocycles. The van der Waals surface area contributed by atoms with E-state index in [0.29, 0.717) is 17.1 Å². The summed E-state index contributed by atoms with van der Waals surface area (Å²) in [6.07, 6.45) is -4.84. The molecule has 0 aliphatic carbocycles. The predicted molar refractivity (Wildman–Crippen MR) is 126 cm³/mol. The number of nitrogens with one attached hydrogen (secondary N) is 4. The minimum absolute atomic E-state index is 0.0865. The Bertz CT molecular complexity index is 1170. The normalized spacial score (nSPS) is 17.3. The van der Waals surface area contributed by atoms with E-state index < -0.39 is 24.2 Å². The van der Waals surface area contributed by atoms with E-state index in [1.54, 1.807) is 24.3 Å². The first-order valence-electron chi connectivity index (χ1n) is 10.3. The summed E-state index contributed by atoms with van der Waals surface area (Å²) in [5, 5.41) is 10.5. The first-order valence-corrected chi connectivity index (χ1v) is 11.1. The first kappa shape index (κ1) is 23.8. The van der Waals surface area contributed by atoms with Gasteiger partial charge < -0.3 is 10.6 Å². The second-order valence-corrected chi connectivity index (χ2v) is 8.49. The Morgan fingerprint density at radius 2 is 1.85 bits per heavy atom. The van der Waals surface area contributed by atoms with Gasteiger partial charge in [0.2, 0.25) is 0 Å². The molecule has 0 saturated carbocycles. The molecule has 0 fully saturated rings. The van der Waals surface area contributed by atoms with Crippen LogP contribution >= 0.6 is 23.8 Å². The summed E-state index contributed by atoms with van der Waals surface area (Å²) in [5.41, 5.74) is 6.33. The number of hydrazine groups is 1. The number of aromatic nitrogens is 2. The lowest BCUT2D eigenvalue weighted by atomic mass is 9.97. The maximum atomic E-state index is 13.8. The molecule has 34 heavy (non-hydrogen) atoms. The van der Waals surface area contributed by atoms with Gasteiger partial charge in [0.15, 0.2) is 16.8 Å². The molecule has 0 radical (unpaired) electrons. The van der Waals surface area contributed by atoms with Crippen molar-refractivity contribution in [3.63, 3.8) is 0 Å². The van der Waals surface area contributed by atoms with E-state index in [1.165, 1.54) is 6.07 Å². The van der Waals surface area contributed by atoms with E-state index in [2.05, 4.69) is 26.6 Å². The summed E-state index contributed by atoms with van der Waals surface area (Å²) in [6.45, 7) is 0.435. The van der Waals surface area contributed by atoms with Crippen molar-refractivity contribution in [3.05, 3.63) is 82.5 Å². The fourth-order valence-electron chi connectivity index (χ4n) is 3.60. The molecule has 1 amide bonds. The van der Waals surface area contributed by atoms with Crippen LogP contribution in [-0.4, -0.2) is 27.0 Å². The third kappa shape index (κ3) is 5.60. The molecule has 1 aliphatic rings. The number of benzene rings is 2. The van der Waals surface area contributed by atoms with Crippen molar-refractivity contribution in [2.45, 2.75) is 31.2 Å². The highest BCUT2D eigenvalue weighted by Gasteiger charge is 2.46. The van der Waals surface area contributed by atoms with Crippen LogP contribution in [0.15, 0.2) is 60.7 Å². The van der Waals surface area contributed by atoms with Crippen molar-refractivity contribution >= 4 is 40.7 Å². The van der Waals surface area contributed by atoms with Crippen LogP contribution in [0.5, 0.6) is 0 Å². The number of carbonyl (C=O) groups excluding carboxylic acids is 1. The van der Waals surface area contributed by atoms with Crippen molar-refractivity contribution < 1.29 is 18.0 Å². The lowest BCUT2D eigenvalue weighted by Crippen LogP contribution is -2.46. The highest BCUT2D eigenvalue weighted by Crippen LogP contribution is 2.43. The molecule has 2 unspecified atom stereocenters. The van der Waals surface area contributed by atoms with E-state index >= 15 is 0 Å². The number of hydrogen-bond acceptors (Lipinski definition) is 4. The molecule has 1 aromatic heterocycles. The molecule has 0 bridgehead atoms. The maximum absolute atomic E-state index is 13.8. The van der Waals surface area contributed by atoms with Crippen LogP contribution < -0.4 is 21.5 Å². The topological polar surface area (TPSA) is 83.0 Å². The predicted octanol–water partition coefficient (Wildman–Crippen LogP) is 4.51. The van der Waals surface area contributed by atoms with Gasteiger partial charge in [-0.15, -0.1) is 0 Å². The molecule has 12 heteroatoms. The fraction of sp³-hybridized carbons (Fsp3) is 0.227. The molecule has 2 aromatic carbocycles. The molecule has 1 aliphatic heterocycles. The molecule has 7 nitrogen and oxygen atoms in total. The Balaban J connectivity index is 1.44. The number of carbonyl (C=O) groups is 1. The fourth-order valence-corrected chi connectivity index (χ4v) is 3.85. The van der Waals surface area contributed by atoms with Gasteiger partial charge in [0.1, 0.15) is 5.82 Å². The molecule has 2 atom stereocenters. The summed E-state index contributed by atoms with van der Waals surface area (Å²) in [6, 6.07) is 14.8.